The van der Waals surface area contributed by atoms with E-state index in [9.17, 15) is 0 Å². The van der Waals surface area contributed by atoms with Gasteiger partial charge in [0.15, 0.2) is 0 Å². The van der Waals surface area contributed by atoms with Gasteiger partial charge in [-0.05, 0) is 47.8 Å². The van der Waals surface area contributed by atoms with Crippen molar-refractivity contribution in [2.75, 3.05) is 0 Å². The van der Waals surface area contributed by atoms with E-state index in [0.717, 1.165) is 0 Å². The van der Waals surface area contributed by atoms with Gasteiger partial charge in [-0.1, -0.05) is 48.5 Å². The van der Waals surface area contributed by atoms with Crippen molar-refractivity contribution in [1.82, 2.24) is 0 Å². The zero-order valence-corrected chi connectivity index (χ0v) is 11.6. The number of aryl methyl sites for hydroxylation is 1. The number of rotatable bonds is 1. The van der Waals surface area contributed by atoms with E-state index in [1.54, 1.807) is 10.4 Å². The molecule has 0 nitrogen and oxygen atoms in total. The zero-order chi connectivity index (χ0) is 12.7. The Morgan fingerprint density at radius 2 is 1.68 bits per heavy atom. The Morgan fingerprint density at radius 3 is 2.58 bits per heavy atom. The first-order chi connectivity index (χ1) is 9.42. The van der Waals surface area contributed by atoms with E-state index in [1.807, 2.05) is 11.3 Å². The molecule has 0 spiro atoms. The number of benzene rings is 2. The molecule has 3 aromatic rings. The molecule has 1 heteroatoms. The van der Waals surface area contributed by atoms with Crippen LogP contribution in [0.1, 0.15) is 28.3 Å². The number of thiophene rings is 1. The van der Waals surface area contributed by atoms with E-state index in [2.05, 4.69) is 54.6 Å². The van der Waals surface area contributed by atoms with Crippen molar-refractivity contribution in [2.24, 2.45) is 0 Å². The standard InChI is InChI=1S/C18H16S/c1-2-6-13(7-3-1)14-10-11-18-16(12-14)15-8-4-5-9-17(15)19-18/h1-9,14H,10-12H2. The van der Waals surface area contributed by atoms with E-state index in [1.165, 1.54) is 34.9 Å². The largest absolute Gasteiger partial charge is 0.140 e. The maximum atomic E-state index is 2.29. The molecule has 1 aromatic heterocycles. The van der Waals surface area contributed by atoms with Crippen molar-refractivity contribution in [3.8, 4) is 0 Å². The minimum Gasteiger partial charge on any atom is -0.140 e. The normalized spacial score (nSPS) is 18.4. The van der Waals surface area contributed by atoms with Crippen LogP contribution in [0.4, 0.5) is 0 Å². The van der Waals surface area contributed by atoms with Gasteiger partial charge in [-0.2, -0.15) is 0 Å². The second-order valence-corrected chi connectivity index (χ2v) is 6.49. The summed E-state index contributed by atoms with van der Waals surface area (Å²) in [6.07, 6.45) is 3.75. The first-order valence-electron chi connectivity index (χ1n) is 6.96. The van der Waals surface area contributed by atoms with Gasteiger partial charge >= 0.3 is 0 Å². The average Bonchev–Trinajstić information content (AvgIpc) is 2.86. The Bertz CT molecular complexity index is 709. The van der Waals surface area contributed by atoms with Crippen molar-refractivity contribution in [2.45, 2.75) is 25.2 Å². The lowest BCUT2D eigenvalue weighted by Gasteiger charge is -2.22. The van der Waals surface area contributed by atoms with E-state index in [4.69, 9.17) is 0 Å². The maximum absolute atomic E-state index is 2.29. The molecular formula is C18H16S. The van der Waals surface area contributed by atoms with E-state index < -0.39 is 0 Å². The molecule has 0 aliphatic heterocycles. The molecule has 0 N–H and O–H groups in total. The first-order valence-corrected chi connectivity index (χ1v) is 7.78. The summed E-state index contributed by atoms with van der Waals surface area (Å²) in [5.41, 5.74) is 3.11. The van der Waals surface area contributed by atoms with Crippen molar-refractivity contribution in [3.05, 3.63) is 70.6 Å². The third kappa shape index (κ3) is 1.89. The van der Waals surface area contributed by atoms with Gasteiger partial charge in [0.1, 0.15) is 0 Å². The summed E-state index contributed by atoms with van der Waals surface area (Å²) in [7, 11) is 0. The third-order valence-corrected chi connectivity index (χ3v) is 5.50. The van der Waals surface area contributed by atoms with Gasteiger partial charge in [0.25, 0.3) is 0 Å². The minimum atomic E-state index is 0.701. The molecule has 1 atom stereocenters. The molecule has 0 saturated carbocycles. The van der Waals surface area contributed by atoms with Gasteiger partial charge in [-0.15, -0.1) is 11.3 Å². The maximum Gasteiger partial charge on any atom is 0.0348 e. The summed E-state index contributed by atoms with van der Waals surface area (Å²) in [6, 6.07) is 19.9. The SMILES string of the molecule is c1ccc(C2CCc3sc4ccccc4c3C2)cc1. The van der Waals surface area contributed by atoms with Crippen LogP contribution in [0.5, 0.6) is 0 Å². The van der Waals surface area contributed by atoms with Gasteiger partial charge in [-0.25, -0.2) is 0 Å². The highest BCUT2D eigenvalue weighted by Crippen LogP contribution is 2.40. The lowest BCUT2D eigenvalue weighted by molar-refractivity contribution is 0.595. The van der Waals surface area contributed by atoms with Crippen LogP contribution in [-0.2, 0) is 12.8 Å². The monoisotopic (exact) mass is 264 g/mol. The third-order valence-electron chi connectivity index (χ3n) is 4.22. The lowest BCUT2D eigenvalue weighted by atomic mass is 9.82. The van der Waals surface area contributed by atoms with Crippen molar-refractivity contribution < 1.29 is 0 Å². The summed E-state index contributed by atoms with van der Waals surface area (Å²) in [5.74, 6) is 0.701. The molecule has 0 saturated heterocycles. The molecule has 1 unspecified atom stereocenters. The van der Waals surface area contributed by atoms with Gasteiger partial charge in [-0.3, -0.25) is 0 Å². The van der Waals surface area contributed by atoms with Crippen molar-refractivity contribution in [3.63, 3.8) is 0 Å². The van der Waals surface area contributed by atoms with Crippen LogP contribution < -0.4 is 0 Å². The Kier molecular flexibility index (Phi) is 2.66. The molecule has 0 radical (unpaired) electrons. The molecule has 1 heterocycles. The summed E-state index contributed by atoms with van der Waals surface area (Å²) < 4.78 is 1.46. The minimum absolute atomic E-state index is 0.701. The summed E-state index contributed by atoms with van der Waals surface area (Å²) in [4.78, 5) is 1.62. The van der Waals surface area contributed by atoms with E-state index in [0.29, 0.717) is 5.92 Å². The fourth-order valence-electron chi connectivity index (χ4n) is 3.24. The molecule has 1 aliphatic carbocycles. The summed E-state index contributed by atoms with van der Waals surface area (Å²) in [5, 5.41) is 1.49. The van der Waals surface area contributed by atoms with Crippen LogP contribution in [-0.4, -0.2) is 0 Å². The molecule has 0 bridgehead atoms. The topological polar surface area (TPSA) is 0 Å². The van der Waals surface area contributed by atoms with Crippen LogP contribution in [0, 0.1) is 0 Å². The molecule has 1 aliphatic rings. The molecule has 0 amide bonds. The molecule has 4 rings (SSSR count). The first kappa shape index (κ1) is 11.2. The Labute approximate surface area is 117 Å². The summed E-state index contributed by atoms with van der Waals surface area (Å²) >= 11 is 2.00. The average molecular weight is 264 g/mol. The van der Waals surface area contributed by atoms with Crippen molar-refractivity contribution >= 4 is 21.4 Å². The fourth-order valence-corrected chi connectivity index (χ4v) is 4.49. The quantitative estimate of drug-likeness (QED) is 0.568. The van der Waals surface area contributed by atoms with Crippen LogP contribution in [0.25, 0.3) is 10.1 Å². The predicted molar refractivity (Wildman–Crippen MR) is 83.0 cm³/mol. The van der Waals surface area contributed by atoms with Crippen molar-refractivity contribution in [1.29, 1.82) is 0 Å². The van der Waals surface area contributed by atoms with Gasteiger partial charge < -0.3 is 0 Å². The number of hydrogen-bond donors (Lipinski definition) is 0. The van der Waals surface area contributed by atoms with Gasteiger partial charge in [0.2, 0.25) is 0 Å². The van der Waals surface area contributed by atoms with Gasteiger partial charge in [0, 0.05) is 9.58 Å². The Morgan fingerprint density at radius 1 is 0.895 bits per heavy atom. The van der Waals surface area contributed by atoms with Crippen LogP contribution in [0.3, 0.4) is 0 Å². The highest BCUT2D eigenvalue weighted by atomic mass is 32.1. The van der Waals surface area contributed by atoms with E-state index >= 15 is 0 Å². The highest BCUT2D eigenvalue weighted by Gasteiger charge is 2.23. The zero-order valence-electron chi connectivity index (χ0n) is 10.8. The molecule has 2 aromatic carbocycles. The van der Waals surface area contributed by atoms with E-state index in [-0.39, 0.29) is 0 Å². The lowest BCUT2D eigenvalue weighted by Crippen LogP contribution is -2.10. The number of fused-ring (bicyclic) bond motifs is 3. The summed E-state index contributed by atoms with van der Waals surface area (Å²) in [6.45, 7) is 0. The molecule has 19 heavy (non-hydrogen) atoms. The van der Waals surface area contributed by atoms with Crippen LogP contribution in [0.2, 0.25) is 0 Å². The predicted octanol–water partition coefficient (Wildman–Crippen LogP) is 5.17. The highest BCUT2D eigenvalue weighted by molar-refractivity contribution is 7.19. The number of hydrogen-bond acceptors (Lipinski definition) is 1. The van der Waals surface area contributed by atoms with Crippen LogP contribution >= 0.6 is 11.3 Å². The second kappa shape index (κ2) is 4.50. The molecule has 0 fully saturated rings. The molecular weight excluding hydrogens is 248 g/mol. The van der Waals surface area contributed by atoms with Gasteiger partial charge in [0.05, 0.1) is 0 Å². The molecule has 94 valence electrons. The van der Waals surface area contributed by atoms with Crippen LogP contribution in [0.15, 0.2) is 54.6 Å². The fraction of sp³-hybridized carbons (Fsp3) is 0.222. The Balaban J connectivity index is 1.77. The Hall–Kier alpha value is -1.60. The smallest absolute Gasteiger partial charge is 0.0348 e. The second-order valence-electron chi connectivity index (χ2n) is 5.35.